The maximum absolute atomic E-state index is 13.4. The van der Waals surface area contributed by atoms with Crippen molar-refractivity contribution in [3.8, 4) is 0 Å². The fourth-order valence-corrected chi connectivity index (χ4v) is 5.31. The second kappa shape index (κ2) is 15.5. The Morgan fingerprint density at radius 2 is 1.58 bits per heavy atom. The van der Waals surface area contributed by atoms with Crippen LogP contribution in [0.15, 0.2) is 97.7 Å². The highest BCUT2D eigenvalue weighted by Gasteiger charge is 2.27. The third-order valence-corrected chi connectivity index (χ3v) is 7.93. The standard InChI is InChI=1S/C36H36N6O6/c1-3-31(43)42-18-10-15-27(21-42)41(2)30-20-38-32(33(37)44)34(40-30)39-26-16-17-28(35(45)47-22-24-11-6-4-7-12-24)29(19-26)36(46)48-23-25-13-8-5-9-14-25/h3-9,11-14,16-17,19-20,27H,1,10,15,18,21-23H2,2H3,(H2,37,44)(H,39,40)/t27-/m1/s1. The highest BCUT2D eigenvalue weighted by Crippen LogP contribution is 2.26. The summed E-state index contributed by atoms with van der Waals surface area (Å²) in [6.07, 6.45) is 4.36. The molecule has 0 spiro atoms. The van der Waals surface area contributed by atoms with Crippen LogP contribution in [0.5, 0.6) is 0 Å². The van der Waals surface area contributed by atoms with Crippen molar-refractivity contribution in [2.24, 2.45) is 5.73 Å². The molecule has 5 rings (SSSR count). The van der Waals surface area contributed by atoms with Crippen molar-refractivity contribution >= 4 is 41.1 Å². The van der Waals surface area contributed by atoms with Gasteiger partial charge in [-0.1, -0.05) is 67.2 Å². The third-order valence-electron chi connectivity index (χ3n) is 7.93. The Hall–Kier alpha value is -6.04. The fraction of sp³-hybridized carbons (Fsp3) is 0.222. The Balaban J connectivity index is 1.42. The Bertz CT molecular complexity index is 1800. The number of hydrogen-bond donors (Lipinski definition) is 2. The first-order valence-electron chi connectivity index (χ1n) is 15.4. The maximum Gasteiger partial charge on any atom is 0.339 e. The highest BCUT2D eigenvalue weighted by atomic mass is 16.5. The van der Waals surface area contributed by atoms with E-state index in [0.717, 1.165) is 24.0 Å². The van der Waals surface area contributed by atoms with Gasteiger partial charge in [-0.25, -0.2) is 19.6 Å². The average Bonchev–Trinajstić information content (AvgIpc) is 3.13. The minimum atomic E-state index is -0.816. The number of hydrogen-bond acceptors (Lipinski definition) is 10. The molecule has 1 saturated heterocycles. The molecule has 246 valence electrons. The second-order valence-corrected chi connectivity index (χ2v) is 11.2. The predicted molar refractivity (Wildman–Crippen MR) is 180 cm³/mol. The van der Waals surface area contributed by atoms with Gasteiger partial charge in [0.25, 0.3) is 5.91 Å². The average molecular weight is 649 g/mol. The summed E-state index contributed by atoms with van der Waals surface area (Å²) >= 11 is 0. The van der Waals surface area contributed by atoms with Crippen molar-refractivity contribution < 1.29 is 28.7 Å². The normalized spacial score (nSPS) is 14.0. The Kier molecular flexibility index (Phi) is 10.8. The third kappa shape index (κ3) is 8.21. The first kappa shape index (κ1) is 33.3. The van der Waals surface area contributed by atoms with Crippen LogP contribution in [0.25, 0.3) is 0 Å². The van der Waals surface area contributed by atoms with Gasteiger partial charge in [0, 0.05) is 31.9 Å². The van der Waals surface area contributed by atoms with E-state index in [2.05, 4.69) is 21.9 Å². The minimum Gasteiger partial charge on any atom is -0.457 e. The van der Waals surface area contributed by atoms with Crippen molar-refractivity contribution in [3.05, 3.63) is 126 Å². The SMILES string of the molecule is C=CC(=O)N1CCC[C@@H](N(C)c2cnc(C(N)=O)c(Nc3ccc(C(=O)OCc4ccccc4)c(C(=O)OCc4ccccc4)c3)n2)C1. The molecule has 2 heterocycles. The molecule has 1 fully saturated rings. The summed E-state index contributed by atoms with van der Waals surface area (Å²) in [5, 5.41) is 3.04. The zero-order valence-corrected chi connectivity index (χ0v) is 26.5. The summed E-state index contributed by atoms with van der Waals surface area (Å²) in [6, 6.07) is 22.7. The molecular weight excluding hydrogens is 612 g/mol. The lowest BCUT2D eigenvalue weighted by atomic mass is 10.0. The predicted octanol–water partition coefficient (Wildman–Crippen LogP) is 4.65. The van der Waals surface area contributed by atoms with Crippen LogP contribution in [-0.4, -0.2) is 64.8 Å². The van der Waals surface area contributed by atoms with Crippen LogP contribution in [0.3, 0.4) is 0 Å². The van der Waals surface area contributed by atoms with E-state index in [9.17, 15) is 19.2 Å². The van der Waals surface area contributed by atoms with Crippen LogP contribution in [-0.2, 0) is 27.5 Å². The van der Waals surface area contributed by atoms with E-state index in [1.54, 1.807) is 11.0 Å². The quantitative estimate of drug-likeness (QED) is 0.164. The number of benzene rings is 3. The molecule has 0 radical (unpaired) electrons. The molecule has 0 unspecified atom stereocenters. The van der Waals surface area contributed by atoms with Crippen LogP contribution in [0.2, 0.25) is 0 Å². The van der Waals surface area contributed by atoms with E-state index in [-0.39, 0.29) is 47.8 Å². The molecule has 2 amide bonds. The Labute approximate surface area is 278 Å². The minimum absolute atomic E-state index is 0.000148. The van der Waals surface area contributed by atoms with Gasteiger partial charge in [-0.05, 0) is 48.2 Å². The molecule has 1 aliphatic heterocycles. The number of nitrogens with one attached hydrogen (secondary N) is 1. The van der Waals surface area contributed by atoms with E-state index in [1.165, 1.54) is 24.4 Å². The van der Waals surface area contributed by atoms with Gasteiger partial charge in [-0.3, -0.25) is 9.59 Å². The molecule has 48 heavy (non-hydrogen) atoms. The molecule has 1 aromatic heterocycles. The highest BCUT2D eigenvalue weighted by molar-refractivity contribution is 6.04. The van der Waals surface area contributed by atoms with Gasteiger partial charge in [0.1, 0.15) is 19.0 Å². The number of piperidine rings is 1. The number of nitrogens with zero attached hydrogens (tertiary/aromatic N) is 4. The van der Waals surface area contributed by atoms with Gasteiger partial charge in [-0.15, -0.1) is 0 Å². The first-order valence-corrected chi connectivity index (χ1v) is 15.4. The van der Waals surface area contributed by atoms with E-state index in [1.807, 2.05) is 72.6 Å². The summed E-state index contributed by atoms with van der Waals surface area (Å²) in [7, 11) is 1.83. The Morgan fingerprint density at radius 3 is 2.19 bits per heavy atom. The monoisotopic (exact) mass is 648 g/mol. The van der Waals surface area contributed by atoms with Crippen LogP contribution in [0.4, 0.5) is 17.3 Å². The number of nitrogens with two attached hydrogens (primary N) is 1. The van der Waals surface area contributed by atoms with E-state index < -0.39 is 17.8 Å². The molecule has 12 nitrogen and oxygen atoms in total. The van der Waals surface area contributed by atoms with Gasteiger partial charge in [0.15, 0.2) is 11.5 Å². The first-order chi connectivity index (χ1) is 23.2. The number of esters is 2. The number of anilines is 3. The molecule has 3 N–H and O–H groups in total. The number of aromatic nitrogens is 2. The summed E-state index contributed by atoms with van der Waals surface area (Å²) in [6.45, 7) is 4.69. The number of carbonyl (C=O) groups excluding carboxylic acids is 4. The van der Waals surface area contributed by atoms with E-state index in [4.69, 9.17) is 15.2 Å². The van der Waals surface area contributed by atoms with Crippen molar-refractivity contribution in [3.63, 3.8) is 0 Å². The van der Waals surface area contributed by atoms with Crippen LogP contribution >= 0.6 is 0 Å². The number of rotatable bonds is 12. The van der Waals surface area contributed by atoms with Crippen LogP contribution in [0, 0.1) is 0 Å². The van der Waals surface area contributed by atoms with Gasteiger partial charge in [0.2, 0.25) is 5.91 Å². The topological polar surface area (TPSA) is 157 Å². The smallest absolute Gasteiger partial charge is 0.339 e. The molecule has 0 saturated carbocycles. The summed E-state index contributed by atoms with van der Waals surface area (Å²) in [4.78, 5) is 63.8. The fourth-order valence-electron chi connectivity index (χ4n) is 5.31. The lowest BCUT2D eigenvalue weighted by Crippen LogP contribution is -2.48. The van der Waals surface area contributed by atoms with Gasteiger partial charge in [0.05, 0.1) is 17.3 Å². The molecule has 0 bridgehead atoms. The van der Waals surface area contributed by atoms with Gasteiger partial charge in [-0.2, -0.15) is 0 Å². The van der Waals surface area contributed by atoms with Crippen molar-refractivity contribution in [1.82, 2.24) is 14.9 Å². The number of primary amides is 1. The van der Waals surface area contributed by atoms with Crippen LogP contribution in [0.1, 0.15) is 55.2 Å². The van der Waals surface area contributed by atoms with Gasteiger partial charge < -0.3 is 30.3 Å². The molecule has 1 aliphatic rings. The summed E-state index contributed by atoms with van der Waals surface area (Å²) < 4.78 is 11.1. The number of carbonyl (C=O) groups is 4. The second-order valence-electron chi connectivity index (χ2n) is 11.2. The molecule has 12 heteroatoms. The lowest BCUT2D eigenvalue weighted by Gasteiger charge is -2.37. The number of likely N-dealkylation sites (N-methyl/N-ethyl adjacent to an activating group) is 1. The molecule has 4 aromatic rings. The number of ether oxygens (including phenoxy) is 2. The molecule has 1 atom stereocenters. The summed E-state index contributed by atoms with van der Waals surface area (Å²) in [5.41, 5.74) is 7.33. The lowest BCUT2D eigenvalue weighted by molar-refractivity contribution is -0.127. The maximum atomic E-state index is 13.4. The largest absolute Gasteiger partial charge is 0.457 e. The zero-order chi connectivity index (χ0) is 34.0. The Morgan fingerprint density at radius 1 is 0.958 bits per heavy atom. The van der Waals surface area contributed by atoms with Crippen molar-refractivity contribution in [1.29, 1.82) is 0 Å². The van der Waals surface area contributed by atoms with Crippen molar-refractivity contribution in [2.75, 3.05) is 30.4 Å². The number of amides is 2. The van der Waals surface area contributed by atoms with E-state index >= 15 is 0 Å². The van der Waals surface area contributed by atoms with Crippen molar-refractivity contribution in [2.45, 2.75) is 32.1 Å². The van der Waals surface area contributed by atoms with Gasteiger partial charge >= 0.3 is 11.9 Å². The molecule has 3 aromatic carbocycles. The van der Waals surface area contributed by atoms with E-state index in [0.29, 0.717) is 24.6 Å². The number of likely N-dealkylation sites (tertiary alicyclic amines) is 1. The summed E-state index contributed by atoms with van der Waals surface area (Å²) in [5.74, 6) is -1.94. The molecule has 0 aliphatic carbocycles. The zero-order valence-electron chi connectivity index (χ0n) is 26.5. The molecular formula is C36H36N6O6. The van der Waals surface area contributed by atoms with Crippen LogP contribution < -0.4 is 16.0 Å².